The van der Waals surface area contributed by atoms with Crippen molar-refractivity contribution in [3.8, 4) is 11.1 Å². The average Bonchev–Trinajstić information content (AvgIpc) is 2.97. The molecular weight excluding hydrogens is 432 g/mol. The molecule has 0 N–H and O–H groups in total. The Morgan fingerprint density at radius 1 is 0.618 bits per heavy atom. The minimum Gasteiger partial charge on any atom is -0.714 e. The summed E-state index contributed by atoms with van der Waals surface area (Å²) < 4.78 is 1.51. The third-order valence-corrected chi connectivity index (χ3v) is 8.40. The topological polar surface area (TPSA) is 98.4 Å². The van der Waals surface area contributed by atoms with Crippen molar-refractivity contribution in [1.82, 2.24) is 10.1 Å². The normalized spacial score (nSPS) is 22.6. The second-order valence-electron chi connectivity index (χ2n) is 11.2. The van der Waals surface area contributed by atoms with Crippen molar-refractivity contribution in [1.29, 1.82) is 0 Å². The van der Waals surface area contributed by atoms with Crippen molar-refractivity contribution < 1.29 is 19.9 Å². The molecule has 2 aromatic rings. The summed E-state index contributed by atoms with van der Waals surface area (Å²) >= 11 is 0. The molecule has 0 bridgehead atoms. The molecule has 0 aliphatic carbocycles. The number of benzene rings is 2. The monoisotopic (exact) mass is 464 g/mol. The Morgan fingerprint density at radius 3 is 1.32 bits per heavy atom. The first-order valence-corrected chi connectivity index (χ1v) is 11.4. The van der Waals surface area contributed by atoms with Crippen LogP contribution in [-0.2, 0) is 10.4 Å². The van der Waals surface area contributed by atoms with Crippen molar-refractivity contribution in [3.63, 3.8) is 0 Å². The molecule has 2 aliphatic heterocycles. The Hall–Kier alpha value is -3.10. The van der Waals surface area contributed by atoms with Gasteiger partial charge >= 0.3 is 11.7 Å². The summed E-state index contributed by atoms with van der Waals surface area (Å²) in [7, 11) is 0. The average molecular weight is 465 g/mol. The maximum atomic E-state index is 13.5. The molecular formula is C26H32N4O4. The highest BCUT2D eigenvalue weighted by Crippen LogP contribution is 2.42. The molecule has 34 heavy (non-hydrogen) atoms. The minimum absolute atomic E-state index is 0.0391. The van der Waals surface area contributed by atoms with E-state index in [9.17, 15) is 20.8 Å². The predicted molar refractivity (Wildman–Crippen MR) is 129 cm³/mol. The second-order valence-corrected chi connectivity index (χ2v) is 11.2. The molecule has 0 saturated heterocycles. The van der Waals surface area contributed by atoms with Gasteiger partial charge in [-0.05, 0) is 73.1 Å². The van der Waals surface area contributed by atoms with E-state index in [2.05, 4.69) is 0 Å². The summed E-state index contributed by atoms with van der Waals surface area (Å²) in [6.07, 6.45) is 0. The standard InChI is InChI=1S/C26H32N4O4/c1-23(2)24(3,4)28(32)21(27(23)31)18-15-12-16-19(20(18)17-13-10-9-11-14-17)22-29(33)25(5,6)26(7,8)30(22)34/h9-16H,1-8H3. The number of amidine groups is 2. The van der Waals surface area contributed by atoms with Crippen LogP contribution in [0, 0.1) is 10.4 Å². The predicted octanol–water partition coefficient (Wildman–Crippen LogP) is 4.30. The molecule has 2 radical (unpaired) electrons. The molecule has 0 amide bonds. The summed E-state index contributed by atoms with van der Waals surface area (Å²) in [5.41, 5.74) is -2.07. The second kappa shape index (κ2) is 7.20. The largest absolute Gasteiger partial charge is 0.714 e. The van der Waals surface area contributed by atoms with Gasteiger partial charge in [0.25, 0.3) is 0 Å². The Balaban J connectivity index is 2.09. The lowest BCUT2D eigenvalue weighted by Crippen LogP contribution is -2.53. The fraction of sp³-hybridized carbons (Fsp3) is 0.462. The summed E-state index contributed by atoms with van der Waals surface area (Å²) in [6, 6.07) is 14.3. The van der Waals surface area contributed by atoms with E-state index >= 15 is 0 Å². The van der Waals surface area contributed by atoms with Crippen molar-refractivity contribution >= 4 is 11.7 Å². The molecule has 0 unspecified atom stereocenters. The van der Waals surface area contributed by atoms with Gasteiger partial charge in [-0.15, -0.1) is 0 Å². The summed E-state index contributed by atoms with van der Waals surface area (Å²) in [4.78, 5) is 0. The Morgan fingerprint density at radius 2 is 1.00 bits per heavy atom. The van der Waals surface area contributed by atoms with E-state index in [1.54, 1.807) is 73.6 Å². The van der Waals surface area contributed by atoms with E-state index in [4.69, 9.17) is 0 Å². The Labute approximate surface area is 200 Å². The highest BCUT2D eigenvalue weighted by atomic mass is 16.5. The lowest BCUT2D eigenvalue weighted by Gasteiger charge is -2.32. The summed E-state index contributed by atoms with van der Waals surface area (Å²) in [6.45, 7) is 13.9. The van der Waals surface area contributed by atoms with Crippen LogP contribution >= 0.6 is 0 Å². The number of rotatable bonds is 3. The quantitative estimate of drug-likeness (QED) is 0.499. The van der Waals surface area contributed by atoms with E-state index in [-0.39, 0.29) is 11.7 Å². The van der Waals surface area contributed by atoms with Crippen LogP contribution in [0.15, 0.2) is 48.5 Å². The molecule has 2 aliphatic rings. The van der Waals surface area contributed by atoms with Crippen LogP contribution in [0.5, 0.6) is 0 Å². The van der Waals surface area contributed by atoms with Crippen LogP contribution in [0.3, 0.4) is 0 Å². The van der Waals surface area contributed by atoms with Gasteiger partial charge in [0, 0.05) is 16.0 Å². The summed E-state index contributed by atoms with van der Waals surface area (Å²) in [5.74, 6) is -0.0783. The number of hydroxylamine groups is 6. The molecule has 180 valence electrons. The zero-order valence-corrected chi connectivity index (χ0v) is 21.0. The molecule has 2 aromatic carbocycles. The van der Waals surface area contributed by atoms with E-state index < -0.39 is 22.2 Å². The van der Waals surface area contributed by atoms with E-state index in [1.807, 2.05) is 30.3 Å². The van der Waals surface area contributed by atoms with Crippen LogP contribution in [0.1, 0.15) is 66.5 Å². The van der Waals surface area contributed by atoms with Crippen LogP contribution in [0.4, 0.5) is 0 Å². The Kier molecular flexibility index (Phi) is 5.09. The van der Waals surface area contributed by atoms with Gasteiger partial charge in [0.1, 0.15) is 11.1 Å². The molecule has 4 rings (SSSR count). The molecule has 0 spiro atoms. The van der Waals surface area contributed by atoms with Crippen LogP contribution in [-0.4, -0.2) is 53.4 Å². The fourth-order valence-electron chi connectivity index (χ4n) is 4.50. The molecule has 8 heteroatoms. The van der Waals surface area contributed by atoms with Gasteiger partial charge in [-0.25, -0.2) is 0 Å². The maximum Gasteiger partial charge on any atom is 0.317 e. The van der Waals surface area contributed by atoms with E-state index in [0.717, 1.165) is 19.6 Å². The number of hydrogen-bond donors (Lipinski definition) is 0. The van der Waals surface area contributed by atoms with Crippen LogP contribution in [0.25, 0.3) is 11.1 Å². The molecule has 0 aromatic heterocycles. The first kappa shape index (κ1) is 24.0. The van der Waals surface area contributed by atoms with Gasteiger partial charge in [-0.1, -0.05) is 46.5 Å². The summed E-state index contributed by atoms with van der Waals surface area (Å²) in [5, 5.41) is 55.5. The van der Waals surface area contributed by atoms with Crippen LogP contribution < -0.4 is 0 Å². The van der Waals surface area contributed by atoms with Gasteiger partial charge in [-0.2, -0.15) is 0 Å². The first-order chi connectivity index (χ1) is 15.6. The molecule has 8 nitrogen and oxygen atoms in total. The number of hydrogen-bond acceptors (Lipinski definition) is 4. The zero-order chi connectivity index (χ0) is 25.4. The SMILES string of the molecule is CC1(C)N([O])C(c2cccc(C3=[N+]([O-])C(C)(C)C(C)(C)N3[O])c2-c2ccccc2)=[N+]([O-])C1(C)C. The Bertz CT molecular complexity index is 1140. The van der Waals surface area contributed by atoms with Gasteiger partial charge in [0.05, 0.1) is 11.1 Å². The van der Waals surface area contributed by atoms with Gasteiger partial charge in [0.2, 0.25) is 0 Å². The van der Waals surface area contributed by atoms with Gasteiger partial charge in [0.15, 0.2) is 11.1 Å². The lowest BCUT2D eigenvalue weighted by molar-refractivity contribution is -0.539. The molecule has 0 atom stereocenters. The molecule has 0 fully saturated rings. The van der Waals surface area contributed by atoms with Crippen LogP contribution in [0.2, 0.25) is 0 Å². The third-order valence-electron chi connectivity index (χ3n) is 8.40. The fourth-order valence-corrected chi connectivity index (χ4v) is 4.50. The minimum atomic E-state index is -1.01. The van der Waals surface area contributed by atoms with Crippen molar-refractivity contribution in [2.45, 2.75) is 77.5 Å². The van der Waals surface area contributed by atoms with Crippen molar-refractivity contribution in [2.24, 2.45) is 0 Å². The van der Waals surface area contributed by atoms with Crippen molar-refractivity contribution in [2.75, 3.05) is 0 Å². The number of nitrogens with zero attached hydrogens (tertiary/aromatic N) is 4. The maximum absolute atomic E-state index is 13.5. The van der Waals surface area contributed by atoms with Crippen molar-refractivity contribution in [3.05, 3.63) is 70.1 Å². The first-order valence-electron chi connectivity index (χ1n) is 11.4. The highest BCUT2D eigenvalue weighted by Gasteiger charge is 2.62. The van der Waals surface area contributed by atoms with Gasteiger partial charge in [-0.3, -0.25) is 9.48 Å². The zero-order valence-electron chi connectivity index (χ0n) is 21.0. The third kappa shape index (κ3) is 2.85. The smallest absolute Gasteiger partial charge is 0.317 e. The van der Waals surface area contributed by atoms with E-state index in [1.165, 1.54) is 0 Å². The molecule has 2 heterocycles. The van der Waals surface area contributed by atoms with E-state index in [0.29, 0.717) is 22.3 Å². The highest BCUT2D eigenvalue weighted by molar-refractivity contribution is 6.10. The van der Waals surface area contributed by atoms with Gasteiger partial charge < -0.3 is 10.4 Å². The molecule has 0 saturated carbocycles. The lowest BCUT2D eigenvalue weighted by atomic mass is 9.84.